The lowest BCUT2D eigenvalue weighted by Crippen LogP contribution is -2.33. The van der Waals surface area contributed by atoms with Crippen LogP contribution in [-0.4, -0.2) is 27.8 Å². The minimum atomic E-state index is -3.09. The summed E-state index contributed by atoms with van der Waals surface area (Å²) in [6.45, 7) is 2.23. The highest BCUT2D eigenvalue weighted by atomic mass is 19.3. The number of rotatable bonds is 6. The monoisotopic (exact) mass is 414 g/mol. The van der Waals surface area contributed by atoms with Gasteiger partial charge in [0.1, 0.15) is 11.8 Å². The molecule has 0 aliphatic carbocycles. The summed E-state index contributed by atoms with van der Waals surface area (Å²) >= 11 is 0. The summed E-state index contributed by atoms with van der Waals surface area (Å²) in [7, 11) is 1.54. The van der Waals surface area contributed by atoms with Gasteiger partial charge in [0.15, 0.2) is 0 Å². The van der Waals surface area contributed by atoms with Crippen LogP contribution in [0.5, 0.6) is 5.75 Å². The number of halogens is 2. The van der Waals surface area contributed by atoms with E-state index in [1.807, 2.05) is 0 Å². The fourth-order valence-electron chi connectivity index (χ4n) is 2.75. The molecule has 1 atom stereocenters. The Kier molecular flexibility index (Phi) is 5.91. The standard InChI is InChI=1S/C21H20F2N4O3/c1-13(20(29)25-16-10-15(11-24-12-16)21(2,22)23)27-19(28)8-7-18(26-27)14-5-4-6-17(9-14)30-3/h4-13H,1-3H3,(H,25,29). The van der Waals surface area contributed by atoms with Gasteiger partial charge < -0.3 is 10.1 Å². The number of hydrogen-bond acceptors (Lipinski definition) is 5. The van der Waals surface area contributed by atoms with Crippen LogP contribution in [0.2, 0.25) is 0 Å². The molecule has 0 aliphatic rings. The lowest BCUT2D eigenvalue weighted by atomic mass is 10.1. The number of nitrogens with zero attached hydrogens (tertiary/aromatic N) is 3. The second kappa shape index (κ2) is 8.40. The van der Waals surface area contributed by atoms with Crippen LogP contribution in [0, 0.1) is 0 Å². The predicted octanol–water partition coefficient (Wildman–Crippen LogP) is 3.63. The van der Waals surface area contributed by atoms with Crippen LogP contribution in [0.1, 0.15) is 25.5 Å². The van der Waals surface area contributed by atoms with E-state index in [0.717, 1.165) is 23.9 Å². The Morgan fingerprint density at radius 1 is 1.20 bits per heavy atom. The van der Waals surface area contributed by atoms with Gasteiger partial charge in [0.05, 0.1) is 24.7 Å². The molecule has 156 valence electrons. The van der Waals surface area contributed by atoms with Crippen LogP contribution in [0.15, 0.2) is 59.7 Å². The highest BCUT2D eigenvalue weighted by Crippen LogP contribution is 2.28. The van der Waals surface area contributed by atoms with E-state index < -0.39 is 23.4 Å². The number of amides is 1. The fraction of sp³-hybridized carbons (Fsp3) is 0.238. The molecule has 0 saturated carbocycles. The lowest BCUT2D eigenvalue weighted by molar-refractivity contribution is -0.119. The average molecular weight is 414 g/mol. The number of aromatic nitrogens is 3. The Morgan fingerprint density at radius 3 is 2.67 bits per heavy atom. The summed E-state index contributed by atoms with van der Waals surface area (Å²) in [6, 6.07) is 10.1. The number of ether oxygens (including phenoxy) is 1. The Hall–Kier alpha value is -3.62. The molecular formula is C21H20F2N4O3. The van der Waals surface area contributed by atoms with E-state index in [2.05, 4.69) is 15.4 Å². The van der Waals surface area contributed by atoms with Crippen LogP contribution in [0.3, 0.4) is 0 Å². The molecule has 2 aromatic heterocycles. The molecular weight excluding hydrogens is 394 g/mol. The number of benzene rings is 1. The molecule has 0 bridgehead atoms. The second-order valence-corrected chi connectivity index (χ2v) is 6.75. The van der Waals surface area contributed by atoms with E-state index in [4.69, 9.17) is 4.74 Å². The summed E-state index contributed by atoms with van der Waals surface area (Å²) in [4.78, 5) is 28.7. The molecule has 7 nitrogen and oxygen atoms in total. The van der Waals surface area contributed by atoms with Crippen LogP contribution in [0.25, 0.3) is 11.3 Å². The molecule has 0 aliphatic heterocycles. The average Bonchev–Trinajstić information content (AvgIpc) is 2.73. The Morgan fingerprint density at radius 2 is 1.97 bits per heavy atom. The van der Waals surface area contributed by atoms with Crippen molar-refractivity contribution in [2.24, 2.45) is 0 Å². The second-order valence-electron chi connectivity index (χ2n) is 6.75. The van der Waals surface area contributed by atoms with Crippen LogP contribution in [0.4, 0.5) is 14.5 Å². The first-order valence-electron chi connectivity index (χ1n) is 9.07. The van der Waals surface area contributed by atoms with Gasteiger partial charge in [-0.2, -0.15) is 5.10 Å². The minimum Gasteiger partial charge on any atom is -0.497 e. The lowest BCUT2D eigenvalue weighted by Gasteiger charge is -2.16. The zero-order chi connectivity index (χ0) is 21.9. The van der Waals surface area contributed by atoms with Gasteiger partial charge in [-0.05, 0) is 31.2 Å². The van der Waals surface area contributed by atoms with Gasteiger partial charge in [-0.1, -0.05) is 12.1 Å². The van der Waals surface area contributed by atoms with Crippen LogP contribution < -0.4 is 15.6 Å². The summed E-state index contributed by atoms with van der Waals surface area (Å²) < 4.78 is 33.2. The molecule has 0 radical (unpaired) electrons. The Bertz CT molecular complexity index is 1130. The molecule has 30 heavy (non-hydrogen) atoms. The summed E-state index contributed by atoms with van der Waals surface area (Å²) in [5, 5.41) is 6.79. The molecule has 1 unspecified atom stereocenters. The zero-order valence-corrected chi connectivity index (χ0v) is 16.6. The SMILES string of the molecule is COc1cccc(-c2ccc(=O)n(C(C)C(=O)Nc3cncc(C(C)(F)F)c3)n2)c1. The van der Waals surface area contributed by atoms with Crippen molar-refractivity contribution in [3.05, 3.63) is 70.8 Å². The number of alkyl halides is 2. The van der Waals surface area contributed by atoms with Gasteiger partial charge in [-0.15, -0.1) is 0 Å². The summed E-state index contributed by atoms with van der Waals surface area (Å²) in [5.41, 5.74) is 0.475. The van der Waals surface area contributed by atoms with Crippen molar-refractivity contribution in [3.63, 3.8) is 0 Å². The molecule has 9 heteroatoms. The topological polar surface area (TPSA) is 86.1 Å². The van der Waals surface area contributed by atoms with Gasteiger partial charge in [-0.25, -0.2) is 13.5 Å². The number of methoxy groups -OCH3 is 1. The third-order valence-electron chi connectivity index (χ3n) is 4.45. The molecule has 3 rings (SSSR count). The first-order valence-corrected chi connectivity index (χ1v) is 9.07. The number of hydrogen-bond donors (Lipinski definition) is 1. The molecule has 3 aromatic rings. The molecule has 2 heterocycles. The van der Waals surface area contributed by atoms with Crippen molar-refractivity contribution in [1.29, 1.82) is 0 Å². The van der Waals surface area contributed by atoms with E-state index in [1.54, 1.807) is 30.3 Å². The maximum atomic E-state index is 13.5. The molecule has 1 N–H and O–H groups in total. The number of carbonyl (C=O) groups is 1. The van der Waals surface area contributed by atoms with Gasteiger partial charge in [0, 0.05) is 30.3 Å². The summed E-state index contributed by atoms with van der Waals surface area (Å²) in [5.74, 6) is -3.06. The normalized spacial score (nSPS) is 12.3. The van der Waals surface area contributed by atoms with Crippen LogP contribution in [-0.2, 0) is 10.7 Å². The van der Waals surface area contributed by atoms with E-state index >= 15 is 0 Å². The maximum Gasteiger partial charge on any atom is 0.272 e. The number of pyridine rings is 1. The highest BCUT2D eigenvalue weighted by Gasteiger charge is 2.25. The highest BCUT2D eigenvalue weighted by molar-refractivity contribution is 5.93. The number of nitrogens with one attached hydrogen (secondary N) is 1. The molecule has 0 saturated heterocycles. The number of carbonyl (C=O) groups excluding carboxylic acids is 1. The molecule has 0 spiro atoms. The van der Waals surface area contributed by atoms with Crippen molar-refractivity contribution in [3.8, 4) is 17.0 Å². The maximum absolute atomic E-state index is 13.5. The zero-order valence-electron chi connectivity index (χ0n) is 16.6. The first kappa shape index (κ1) is 21.1. The van der Waals surface area contributed by atoms with Crippen molar-refractivity contribution < 1.29 is 18.3 Å². The Balaban J connectivity index is 1.86. The molecule has 1 amide bonds. The number of anilines is 1. The third-order valence-corrected chi connectivity index (χ3v) is 4.45. The molecule has 0 fully saturated rings. The van der Waals surface area contributed by atoms with E-state index in [9.17, 15) is 18.4 Å². The quantitative estimate of drug-likeness (QED) is 0.666. The van der Waals surface area contributed by atoms with E-state index in [-0.39, 0.29) is 11.3 Å². The van der Waals surface area contributed by atoms with Crippen LogP contribution >= 0.6 is 0 Å². The first-order chi connectivity index (χ1) is 14.2. The van der Waals surface area contributed by atoms with Gasteiger partial charge in [0.2, 0.25) is 5.91 Å². The molecule has 1 aromatic carbocycles. The minimum absolute atomic E-state index is 0.0999. The predicted molar refractivity (Wildman–Crippen MR) is 108 cm³/mol. The van der Waals surface area contributed by atoms with Crippen molar-refractivity contribution in [2.75, 3.05) is 12.4 Å². The van der Waals surface area contributed by atoms with Crippen molar-refractivity contribution >= 4 is 11.6 Å². The van der Waals surface area contributed by atoms with Gasteiger partial charge in [-0.3, -0.25) is 14.6 Å². The van der Waals surface area contributed by atoms with E-state index in [1.165, 1.54) is 26.3 Å². The fourth-order valence-corrected chi connectivity index (χ4v) is 2.75. The van der Waals surface area contributed by atoms with E-state index in [0.29, 0.717) is 17.0 Å². The van der Waals surface area contributed by atoms with Gasteiger partial charge in [0.25, 0.3) is 11.5 Å². The largest absolute Gasteiger partial charge is 0.497 e. The summed E-state index contributed by atoms with van der Waals surface area (Å²) in [6.07, 6.45) is 2.28. The van der Waals surface area contributed by atoms with Crippen molar-refractivity contribution in [2.45, 2.75) is 25.8 Å². The van der Waals surface area contributed by atoms with Crippen molar-refractivity contribution in [1.82, 2.24) is 14.8 Å². The van der Waals surface area contributed by atoms with Gasteiger partial charge >= 0.3 is 0 Å². The smallest absolute Gasteiger partial charge is 0.272 e. The Labute approximate surface area is 171 Å². The third kappa shape index (κ3) is 4.68.